The van der Waals surface area contributed by atoms with Crippen LogP contribution in [0.25, 0.3) is 0 Å². The van der Waals surface area contributed by atoms with Gasteiger partial charge in [0, 0.05) is 19.2 Å². The molecule has 1 saturated heterocycles. The normalized spacial score (nSPS) is 28.1. The lowest BCUT2D eigenvalue weighted by Gasteiger charge is -2.40. The molecule has 2 aliphatic rings. The molecular formula is C16H21NO3. The number of rotatable bonds is 3. The fraction of sp³-hybridized carbons (Fsp3) is 0.562. The van der Waals surface area contributed by atoms with Gasteiger partial charge in [0.1, 0.15) is 6.04 Å². The number of benzene rings is 1. The largest absolute Gasteiger partial charge is 0.480 e. The van der Waals surface area contributed by atoms with E-state index in [1.54, 1.807) is 0 Å². The number of carboxylic acid groups (broad SMARTS) is 1. The molecule has 108 valence electrons. The number of ether oxygens (including phenoxy) is 1. The van der Waals surface area contributed by atoms with Gasteiger partial charge in [0.15, 0.2) is 0 Å². The highest BCUT2D eigenvalue weighted by molar-refractivity contribution is 5.76. The minimum Gasteiger partial charge on any atom is -0.480 e. The zero-order valence-corrected chi connectivity index (χ0v) is 11.8. The summed E-state index contributed by atoms with van der Waals surface area (Å²) in [6, 6.07) is 7.65. The molecule has 1 aromatic rings. The quantitative estimate of drug-likeness (QED) is 0.917. The minimum atomic E-state index is -0.747. The summed E-state index contributed by atoms with van der Waals surface area (Å²) in [4.78, 5) is 13.9. The third kappa shape index (κ3) is 2.34. The van der Waals surface area contributed by atoms with E-state index in [-0.39, 0.29) is 6.04 Å². The van der Waals surface area contributed by atoms with Gasteiger partial charge in [-0.2, -0.15) is 0 Å². The van der Waals surface area contributed by atoms with Gasteiger partial charge in [-0.25, -0.2) is 0 Å². The summed E-state index contributed by atoms with van der Waals surface area (Å²) < 4.78 is 5.46. The van der Waals surface area contributed by atoms with Crippen LogP contribution in [0.3, 0.4) is 0 Å². The van der Waals surface area contributed by atoms with E-state index < -0.39 is 12.0 Å². The number of carboxylic acids is 1. The Morgan fingerprint density at radius 1 is 1.45 bits per heavy atom. The van der Waals surface area contributed by atoms with Crippen LogP contribution in [0.15, 0.2) is 24.3 Å². The first-order valence-corrected chi connectivity index (χ1v) is 7.32. The molecule has 2 aliphatic heterocycles. The fourth-order valence-electron chi connectivity index (χ4n) is 3.50. The third-order valence-corrected chi connectivity index (χ3v) is 4.72. The van der Waals surface area contributed by atoms with Crippen molar-refractivity contribution >= 4 is 5.97 Å². The number of nitrogens with zero attached hydrogens (tertiary/aromatic N) is 1. The molecule has 3 unspecified atom stereocenters. The summed E-state index contributed by atoms with van der Waals surface area (Å²) in [5, 5.41) is 9.67. The van der Waals surface area contributed by atoms with Gasteiger partial charge in [0.05, 0.1) is 6.61 Å². The summed E-state index contributed by atoms with van der Waals surface area (Å²) in [7, 11) is 0. The average molecular weight is 275 g/mol. The van der Waals surface area contributed by atoms with E-state index in [1.165, 1.54) is 5.56 Å². The van der Waals surface area contributed by atoms with E-state index >= 15 is 0 Å². The van der Waals surface area contributed by atoms with Gasteiger partial charge < -0.3 is 9.84 Å². The summed E-state index contributed by atoms with van der Waals surface area (Å²) in [5.41, 5.74) is 2.13. The van der Waals surface area contributed by atoms with Crippen molar-refractivity contribution in [2.45, 2.75) is 31.8 Å². The van der Waals surface area contributed by atoms with Crippen molar-refractivity contribution in [1.29, 1.82) is 0 Å². The number of hydrogen-bond donors (Lipinski definition) is 1. The highest BCUT2D eigenvalue weighted by atomic mass is 16.5. The lowest BCUT2D eigenvalue weighted by molar-refractivity contribution is -0.145. The molecule has 0 amide bonds. The zero-order chi connectivity index (χ0) is 14.1. The Morgan fingerprint density at radius 2 is 2.25 bits per heavy atom. The lowest BCUT2D eigenvalue weighted by atomic mass is 9.88. The second-order valence-electron chi connectivity index (χ2n) is 5.79. The molecule has 0 aromatic heterocycles. The van der Waals surface area contributed by atoms with Crippen LogP contribution < -0.4 is 0 Å². The predicted octanol–water partition coefficient (Wildman–Crippen LogP) is 2.10. The van der Waals surface area contributed by atoms with Gasteiger partial charge in [-0.3, -0.25) is 9.69 Å². The maximum absolute atomic E-state index is 11.8. The van der Waals surface area contributed by atoms with Gasteiger partial charge >= 0.3 is 5.97 Å². The standard InChI is InChI=1S/C16H21NO3/c1-11(13-7-9-20-10-13)17-8-6-12-4-2-3-5-14(12)15(17)16(18)19/h2-5,11,13,15H,6-10H2,1H3,(H,18,19). The van der Waals surface area contributed by atoms with Crippen LogP contribution in [0.4, 0.5) is 0 Å². The molecule has 1 fully saturated rings. The van der Waals surface area contributed by atoms with Gasteiger partial charge in [0.25, 0.3) is 0 Å². The van der Waals surface area contributed by atoms with Crippen LogP contribution in [0, 0.1) is 5.92 Å². The second-order valence-corrected chi connectivity index (χ2v) is 5.79. The summed E-state index contributed by atoms with van der Waals surface area (Å²) in [6.07, 6.45) is 1.96. The van der Waals surface area contributed by atoms with Crippen molar-refractivity contribution in [2.75, 3.05) is 19.8 Å². The molecule has 1 N–H and O–H groups in total. The monoisotopic (exact) mass is 275 g/mol. The van der Waals surface area contributed by atoms with Crippen molar-refractivity contribution in [2.24, 2.45) is 5.92 Å². The van der Waals surface area contributed by atoms with E-state index in [0.29, 0.717) is 5.92 Å². The first-order chi connectivity index (χ1) is 9.68. The third-order valence-electron chi connectivity index (χ3n) is 4.72. The van der Waals surface area contributed by atoms with E-state index in [4.69, 9.17) is 4.74 Å². The molecule has 20 heavy (non-hydrogen) atoms. The number of hydrogen-bond acceptors (Lipinski definition) is 3. The maximum atomic E-state index is 11.8. The first-order valence-electron chi connectivity index (χ1n) is 7.32. The highest BCUT2D eigenvalue weighted by Gasteiger charge is 2.38. The van der Waals surface area contributed by atoms with Crippen molar-refractivity contribution in [3.8, 4) is 0 Å². The number of carbonyl (C=O) groups is 1. The van der Waals surface area contributed by atoms with Crippen LogP contribution >= 0.6 is 0 Å². The summed E-state index contributed by atoms with van der Waals surface area (Å²) in [5.74, 6) is -0.301. The smallest absolute Gasteiger partial charge is 0.325 e. The molecule has 3 rings (SSSR count). The van der Waals surface area contributed by atoms with Gasteiger partial charge in [0.2, 0.25) is 0 Å². The van der Waals surface area contributed by atoms with E-state index in [9.17, 15) is 9.90 Å². The van der Waals surface area contributed by atoms with Gasteiger partial charge in [-0.1, -0.05) is 24.3 Å². The fourth-order valence-corrected chi connectivity index (χ4v) is 3.50. The molecule has 0 spiro atoms. The van der Waals surface area contributed by atoms with Crippen LogP contribution in [0.5, 0.6) is 0 Å². The molecule has 2 heterocycles. The number of fused-ring (bicyclic) bond motifs is 1. The molecule has 0 saturated carbocycles. The molecule has 0 aliphatic carbocycles. The Labute approximate surface area is 119 Å². The second kappa shape index (κ2) is 5.54. The van der Waals surface area contributed by atoms with Crippen LogP contribution in [-0.2, 0) is 16.0 Å². The van der Waals surface area contributed by atoms with Crippen LogP contribution in [-0.4, -0.2) is 41.8 Å². The SMILES string of the molecule is CC(C1CCOC1)N1CCc2ccccc2C1C(=O)O. The Hall–Kier alpha value is -1.39. The molecule has 1 aromatic carbocycles. The van der Waals surface area contributed by atoms with Crippen molar-refractivity contribution in [3.05, 3.63) is 35.4 Å². The number of aliphatic carboxylic acids is 1. The van der Waals surface area contributed by atoms with Gasteiger partial charge in [-0.05, 0) is 36.8 Å². The van der Waals surface area contributed by atoms with E-state index in [1.807, 2.05) is 24.3 Å². The highest BCUT2D eigenvalue weighted by Crippen LogP contribution is 2.34. The minimum absolute atomic E-state index is 0.243. The van der Waals surface area contributed by atoms with Crippen LogP contribution in [0.1, 0.15) is 30.5 Å². The molecule has 4 nitrogen and oxygen atoms in total. The van der Waals surface area contributed by atoms with Crippen molar-refractivity contribution in [1.82, 2.24) is 4.90 Å². The Morgan fingerprint density at radius 3 is 2.95 bits per heavy atom. The lowest BCUT2D eigenvalue weighted by Crippen LogP contribution is -2.47. The topological polar surface area (TPSA) is 49.8 Å². The van der Waals surface area contributed by atoms with E-state index in [0.717, 1.165) is 38.2 Å². The molecule has 0 radical (unpaired) electrons. The first kappa shape index (κ1) is 13.6. The van der Waals surface area contributed by atoms with Crippen molar-refractivity contribution < 1.29 is 14.6 Å². The average Bonchev–Trinajstić information content (AvgIpc) is 2.99. The van der Waals surface area contributed by atoms with Crippen LogP contribution in [0.2, 0.25) is 0 Å². The molecule has 4 heteroatoms. The Balaban J connectivity index is 1.89. The predicted molar refractivity (Wildman–Crippen MR) is 75.6 cm³/mol. The Bertz CT molecular complexity index is 496. The molecule has 3 atom stereocenters. The zero-order valence-electron chi connectivity index (χ0n) is 11.8. The van der Waals surface area contributed by atoms with Crippen molar-refractivity contribution in [3.63, 3.8) is 0 Å². The maximum Gasteiger partial charge on any atom is 0.325 e. The molecule has 0 bridgehead atoms. The molecular weight excluding hydrogens is 254 g/mol. The Kier molecular flexibility index (Phi) is 3.76. The summed E-state index contributed by atoms with van der Waals surface area (Å²) in [6.45, 7) is 4.51. The van der Waals surface area contributed by atoms with E-state index in [2.05, 4.69) is 11.8 Å². The summed E-state index contributed by atoms with van der Waals surface area (Å²) >= 11 is 0. The van der Waals surface area contributed by atoms with Gasteiger partial charge in [-0.15, -0.1) is 0 Å².